The van der Waals surface area contributed by atoms with Gasteiger partial charge in [-0.15, -0.1) is 0 Å². The monoisotopic (exact) mass is 230 g/mol. The average molecular weight is 230 g/mol. The van der Waals surface area contributed by atoms with Gasteiger partial charge in [-0.05, 0) is 31.6 Å². The first kappa shape index (κ1) is 10.7. The molecule has 2 aliphatic rings. The fourth-order valence-corrected chi connectivity index (χ4v) is 3.97. The summed E-state index contributed by atoms with van der Waals surface area (Å²) in [6.45, 7) is 1.20. The fourth-order valence-electron chi connectivity index (χ4n) is 2.48. The van der Waals surface area contributed by atoms with Crippen molar-refractivity contribution >= 4 is 29.0 Å². The number of nitrogens with two attached hydrogens (primary N) is 1. The first-order valence-corrected chi connectivity index (χ1v) is 6.98. The van der Waals surface area contributed by atoms with Gasteiger partial charge in [0.1, 0.15) is 0 Å². The van der Waals surface area contributed by atoms with E-state index in [4.69, 9.17) is 18.0 Å². The maximum absolute atomic E-state index is 5.81. The molecule has 0 aromatic heterocycles. The van der Waals surface area contributed by atoms with Crippen LogP contribution in [0, 0.1) is 0 Å². The summed E-state index contributed by atoms with van der Waals surface area (Å²) < 4.78 is 0. The third kappa shape index (κ3) is 2.23. The summed E-state index contributed by atoms with van der Waals surface area (Å²) in [5.41, 5.74) is 5.81. The Balaban J connectivity index is 2.01. The highest BCUT2D eigenvalue weighted by Gasteiger charge is 2.32. The number of thiocarbonyl (C=S) groups is 1. The predicted octanol–water partition coefficient (Wildman–Crippen LogP) is 1.63. The van der Waals surface area contributed by atoms with Gasteiger partial charge in [0, 0.05) is 11.8 Å². The highest BCUT2D eigenvalue weighted by molar-refractivity contribution is 7.99. The summed E-state index contributed by atoms with van der Waals surface area (Å²) in [4.78, 5) is 3.27. The van der Waals surface area contributed by atoms with Gasteiger partial charge < -0.3 is 5.73 Å². The van der Waals surface area contributed by atoms with Crippen LogP contribution in [-0.4, -0.2) is 40.0 Å². The van der Waals surface area contributed by atoms with Crippen molar-refractivity contribution in [3.05, 3.63) is 0 Å². The molecule has 0 bridgehead atoms. The van der Waals surface area contributed by atoms with Gasteiger partial charge in [-0.1, -0.05) is 18.6 Å². The van der Waals surface area contributed by atoms with Crippen molar-refractivity contribution in [2.45, 2.75) is 37.8 Å². The van der Waals surface area contributed by atoms with Gasteiger partial charge in [0.05, 0.1) is 11.0 Å². The zero-order chi connectivity index (χ0) is 9.97. The normalized spacial score (nSPS) is 34.6. The molecule has 2 heterocycles. The number of hydrogen-bond acceptors (Lipinski definition) is 3. The molecule has 80 valence electrons. The lowest BCUT2D eigenvalue weighted by molar-refractivity contribution is 0.146. The van der Waals surface area contributed by atoms with Gasteiger partial charge in [0.2, 0.25) is 0 Å². The van der Waals surface area contributed by atoms with E-state index in [1.54, 1.807) is 0 Å². The molecular formula is C10H18N2S2. The van der Waals surface area contributed by atoms with Crippen molar-refractivity contribution in [2.24, 2.45) is 5.73 Å². The summed E-state index contributed by atoms with van der Waals surface area (Å²) >= 11 is 7.22. The van der Waals surface area contributed by atoms with Crippen molar-refractivity contribution in [2.75, 3.05) is 18.1 Å². The Kier molecular flexibility index (Phi) is 3.68. The molecule has 0 aliphatic carbocycles. The minimum absolute atomic E-state index is 0.391. The first-order valence-electron chi connectivity index (χ1n) is 5.42. The number of thioether (sulfide) groups is 1. The van der Waals surface area contributed by atoms with Gasteiger partial charge in [-0.25, -0.2) is 0 Å². The van der Waals surface area contributed by atoms with Crippen molar-refractivity contribution in [1.82, 2.24) is 4.90 Å². The lowest BCUT2D eigenvalue weighted by atomic mass is 9.99. The van der Waals surface area contributed by atoms with E-state index in [0.717, 1.165) is 6.04 Å². The highest BCUT2D eigenvalue weighted by atomic mass is 32.2. The van der Waals surface area contributed by atoms with Gasteiger partial charge in [0.25, 0.3) is 0 Å². The van der Waals surface area contributed by atoms with Crippen LogP contribution in [-0.2, 0) is 0 Å². The van der Waals surface area contributed by atoms with Gasteiger partial charge in [-0.2, -0.15) is 11.8 Å². The zero-order valence-electron chi connectivity index (χ0n) is 8.45. The minimum atomic E-state index is 0.391. The molecule has 2 fully saturated rings. The number of likely N-dealkylation sites (tertiary alicyclic amines) is 1. The summed E-state index contributed by atoms with van der Waals surface area (Å²) in [5, 5.41) is 0. The van der Waals surface area contributed by atoms with Crippen LogP contribution in [0.15, 0.2) is 0 Å². The number of rotatable bonds is 2. The van der Waals surface area contributed by atoms with E-state index in [-0.39, 0.29) is 0 Å². The summed E-state index contributed by atoms with van der Waals surface area (Å²) in [6, 6.07) is 1.13. The smallest absolute Gasteiger partial charge is 0.0902 e. The van der Waals surface area contributed by atoms with Crippen molar-refractivity contribution in [3.63, 3.8) is 0 Å². The molecule has 0 radical (unpaired) electrons. The minimum Gasteiger partial charge on any atom is -0.392 e. The zero-order valence-corrected chi connectivity index (χ0v) is 10.1. The molecule has 4 heteroatoms. The third-order valence-corrected chi connectivity index (χ3v) is 4.66. The van der Waals surface area contributed by atoms with Crippen LogP contribution in [0.5, 0.6) is 0 Å². The Bertz CT molecular complexity index is 214. The Labute approximate surface area is 95.6 Å². The summed E-state index contributed by atoms with van der Waals surface area (Å²) in [6.07, 6.45) is 5.11. The average Bonchev–Trinajstić information content (AvgIpc) is 2.70. The van der Waals surface area contributed by atoms with Gasteiger partial charge >= 0.3 is 0 Å². The lowest BCUT2D eigenvalue weighted by Crippen LogP contribution is -2.51. The second kappa shape index (κ2) is 4.81. The quantitative estimate of drug-likeness (QED) is 0.730. The van der Waals surface area contributed by atoms with E-state index in [2.05, 4.69) is 16.7 Å². The Morgan fingerprint density at radius 3 is 2.86 bits per heavy atom. The van der Waals surface area contributed by atoms with Gasteiger partial charge in [-0.3, -0.25) is 4.90 Å². The SMILES string of the molecule is NC(=S)C1CCCCN1C1CCSC1. The number of nitrogens with zero attached hydrogens (tertiary/aromatic N) is 1. The molecule has 2 saturated heterocycles. The van der Waals surface area contributed by atoms with E-state index in [1.807, 2.05) is 0 Å². The summed E-state index contributed by atoms with van der Waals surface area (Å²) in [5.74, 6) is 2.59. The van der Waals surface area contributed by atoms with Gasteiger partial charge in [0.15, 0.2) is 0 Å². The fraction of sp³-hybridized carbons (Fsp3) is 0.900. The topological polar surface area (TPSA) is 29.3 Å². The lowest BCUT2D eigenvalue weighted by Gasteiger charge is -2.39. The molecule has 0 spiro atoms. The molecule has 2 rings (SSSR count). The van der Waals surface area contributed by atoms with Crippen LogP contribution >= 0.6 is 24.0 Å². The number of hydrogen-bond donors (Lipinski definition) is 1. The first-order chi connectivity index (χ1) is 6.79. The van der Waals surface area contributed by atoms with E-state index < -0.39 is 0 Å². The molecule has 2 aliphatic heterocycles. The van der Waals surface area contributed by atoms with E-state index in [9.17, 15) is 0 Å². The maximum atomic E-state index is 5.81. The van der Waals surface area contributed by atoms with Crippen LogP contribution in [0.2, 0.25) is 0 Å². The Morgan fingerprint density at radius 2 is 2.21 bits per heavy atom. The molecule has 0 aromatic carbocycles. The second-order valence-electron chi connectivity index (χ2n) is 4.17. The second-order valence-corrected chi connectivity index (χ2v) is 5.79. The van der Waals surface area contributed by atoms with Crippen LogP contribution in [0.3, 0.4) is 0 Å². The molecular weight excluding hydrogens is 212 g/mol. The largest absolute Gasteiger partial charge is 0.392 e. The number of piperidine rings is 1. The van der Waals surface area contributed by atoms with Crippen molar-refractivity contribution in [3.8, 4) is 0 Å². The molecule has 0 amide bonds. The Hall–Kier alpha value is 0.200. The van der Waals surface area contributed by atoms with E-state index in [1.165, 1.54) is 43.7 Å². The molecule has 2 atom stereocenters. The van der Waals surface area contributed by atoms with Crippen LogP contribution in [0.25, 0.3) is 0 Å². The summed E-state index contributed by atoms with van der Waals surface area (Å²) in [7, 11) is 0. The molecule has 2 unspecified atom stereocenters. The maximum Gasteiger partial charge on any atom is 0.0902 e. The van der Waals surface area contributed by atoms with Crippen molar-refractivity contribution < 1.29 is 0 Å². The molecule has 0 aromatic rings. The Morgan fingerprint density at radius 1 is 1.36 bits per heavy atom. The standard InChI is InChI=1S/C10H18N2S2/c11-10(13)9-3-1-2-5-12(9)8-4-6-14-7-8/h8-9H,1-7H2,(H2,11,13). The predicted molar refractivity (Wildman–Crippen MR) is 66.9 cm³/mol. The molecule has 2 nitrogen and oxygen atoms in total. The highest BCUT2D eigenvalue weighted by Crippen LogP contribution is 2.28. The van der Waals surface area contributed by atoms with E-state index >= 15 is 0 Å². The van der Waals surface area contributed by atoms with Crippen LogP contribution in [0.4, 0.5) is 0 Å². The van der Waals surface area contributed by atoms with E-state index in [0.29, 0.717) is 11.0 Å². The molecule has 2 N–H and O–H groups in total. The molecule has 0 saturated carbocycles. The van der Waals surface area contributed by atoms with Crippen LogP contribution < -0.4 is 5.73 Å². The van der Waals surface area contributed by atoms with Crippen molar-refractivity contribution in [1.29, 1.82) is 0 Å². The molecule has 14 heavy (non-hydrogen) atoms. The van der Waals surface area contributed by atoms with Crippen LogP contribution in [0.1, 0.15) is 25.7 Å². The third-order valence-electron chi connectivity index (χ3n) is 3.25.